The highest BCUT2D eigenvalue weighted by molar-refractivity contribution is 6.26. The maximum atomic E-state index is 5.49. The highest BCUT2D eigenvalue weighted by Crippen LogP contribution is 2.42. The molecule has 0 aliphatic carbocycles. The second-order valence-corrected chi connectivity index (χ2v) is 15.6. The van der Waals surface area contributed by atoms with Crippen molar-refractivity contribution in [2.45, 2.75) is 0 Å². The van der Waals surface area contributed by atoms with Crippen LogP contribution in [0.3, 0.4) is 0 Å². The molecule has 2 heterocycles. The van der Waals surface area contributed by atoms with Crippen LogP contribution in [0.15, 0.2) is 194 Å². The summed E-state index contributed by atoms with van der Waals surface area (Å²) in [7, 11) is 0. The van der Waals surface area contributed by atoms with Crippen molar-refractivity contribution in [1.29, 1.82) is 0 Å². The van der Waals surface area contributed by atoms with E-state index in [2.05, 4.69) is 187 Å². The van der Waals surface area contributed by atoms with Crippen molar-refractivity contribution in [1.82, 2.24) is 19.5 Å². The lowest BCUT2D eigenvalue weighted by atomic mass is 9.90. The van der Waals surface area contributed by atoms with Crippen molar-refractivity contribution in [2.75, 3.05) is 0 Å². The zero-order valence-corrected chi connectivity index (χ0v) is 31.8. The second-order valence-electron chi connectivity index (χ2n) is 15.6. The Labute approximate surface area is 338 Å². The van der Waals surface area contributed by atoms with Crippen molar-refractivity contribution >= 4 is 86.4 Å². The molecule has 0 aliphatic rings. The zero-order chi connectivity index (χ0) is 38.6. The summed E-state index contributed by atoms with van der Waals surface area (Å²) in [6.07, 6.45) is 3.96. The van der Waals surface area contributed by atoms with Crippen molar-refractivity contribution in [3.63, 3.8) is 0 Å². The summed E-state index contributed by atoms with van der Waals surface area (Å²) in [5.74, 6) is 1.37. The van der Waals surface area contributed by atoms with Crippen molar-refractivity contribution < 1.29 is 0 Å². The van der Waals surface area contributed by atoms with Gasteiger partial charge in [-0.25, -0.2) is 15.0 Å². The molecule has 0 radical (unpaired) electrons. The van der Waals surface area contributed by atoms with Gasteiger partial charge in [0.05, 0.1) is 11.0 Å². The number of hydrogen-bond acceptors (Lipinski definition) is 3. The van der Waals surface area contributed by atoms with Gasteiger partial charge in [0.25, 0.3) is 0 Å². The molecule has 272 valence electrons. The van der Waals surface area contributed by atoms with Crippen molar-refractivity contribution in [3.8, 4) is 39.6 Å². The predicted octanol–water partition coefficient (Wildman–Crippen LogP) is 14.3. The fourth-order valence-electron chi connectivity index (χ4n) is 9.77. The molecule has 0 N–H and O–H groups in total. The van der Waals surface area contributed by atoms with Gasteiger partial charge in [-0.05, 0) is 81.8 Å². The molecule has 4 nitrogen and oxygen atoms in total. The van der Waals surface area contributed by atoms with E-state index < -0.39 is 0 Å². The third-order valence-electron chi connectivity index (χ3n) is 12.4. The molecule has 0 saturated heterocycles. The van der Waals surface area contributed by atoms with Crippen LogP contribution in [0.4, 0.5) is 0 Å². The van der Waals surface area contributed by atoms with Crippen molar-refractivity contribution in [3.05, 3.63) is 194 Å². The SMILES string of the molecule is c1ccc2c(-c3cnc(-n4c(-c5ccc(-c6ccc7ccc8cccc9ccc6c7c89)cc5)nc5c6ccccc6c6ccccc6c54)nc3)c3ccccc3cc2c1. The Morgan fingerprint density at radius 3 is 1.58 bits per heavy atom. The van der Waals surface area contributed by atoms with Gasteiger partial charge in [0.1, 0.15) is 5.82 Å². The Bertz CT molecular complexity index is 3750. The summed E-state index contributed by atoms with van der Waals surface area (Å²) >= 11 is 0. The van der Waals surface area contributed by atoms with E-state index in [-0.39, 0.29) is 0 Å². The Balaban J connectivity index is 1.02. The number of nitrogens with zero attached hydrogens (tertiary/aromatic N) is 4. The van der Waals surface area contributed by atoms with Gasteiger partial charge in [-0.1, -0.05) is 176 Å². The minimum absolute atomic E-state index is 0.576. The fourth-order valence-corrected chi connectivity index (χ4v) is 9.77. The number of imidazole rings is 1. The summed E-state index contributed by atoms with van der Waals surface area (Å²) in [5, 5.41) is 17.0. The topological polar surface area (TPSA) is 43.6 Å². The first-order valence-corrected chi connectivity index (χ1v) is 20.1. The molecule has 13 aromatic rings. The molecule has 0 amide bonds. The van der Waals surface area contributed by atoms with Crippen molar-refractivity contribution in [2.24, 2.45) is 0 Å². The van der Waals surface area contributed by atoms with Crippen LogP contribution in [0.1, 0.15) is 0 Å². The first-order valence-electron chi connectivity index (χ1n) is 20.1. The molecule has 2 aromatic heterocycles. The number of hydrogen-bond donors (Lipinski definition) is 0. The second kappa shape index (κ2) is 12.3. The van der Waals surface area contributed by atoms with E-state index in [1.54, 1.807) is 0 Å². The monoisotopic (exact) mass is 748 g/mol. The van der Waals surface area contributed by atoms with Crippen LogP contribution in [0.2, 0.25) is 0 Å². The predicted molar refractivity (Wildman–Crippen MR) is 247 cm³/mol. The Hall–Kier alpha value is -7.95. The lowest BCUT2D eigenvalue weighted by molar-refractivity contribution is 0.960. The minimum atomic E-state index is 0.576. The standard InChI is InChI=1S/C55H32N4/c1-3-14-42-38(10-1)30-39-11-2-4-15-43(39)50(42)40-31-56-55(57-32-40)59-53-48-19-8-6-17-45(48)44-16-5-7-18-47(44)52(53)58-54(59)37-24-20-33(21-25-37)41-28-26-36-23-22-34-12-9-13-35-27-29-46(41)51(36)49(34)35/h1-32H. The van der Waals surface area contributed by atoms with Gasteiger partial charge in [0.2, 0.25) is 5.95 Å². The lowest BCUT2D eigenvalue weighted by Gasteiger charge is -2.15. The summed E-state index contributed by atoms with van der Waals surface area (Å²) in [6, 6.07) is 65.6. The number of rotatable bonds is 4. The van der Waals surface area contributed by atoms with Crippen LogP contribution in [-0.2, 0) is 0 Å². The van der Waals surface area contributed by atoms with Crippen LogP contribution in [-0.4, -0.2) is 19.5 Å². The van der Waals surface area contributed by atoms with Crippen LogP contribution in [0.5, 0.6) is 0 Å². The lowest BCUT2D eigenvalue weighted by Crippen LogP contribution is -2.04. The van der Waals surface area contributed by atoms with Gasteiger partial charge >= 0.3 is 0 Å². The minimum Gasteiger partial charge on any atom is -0.259 e. The fraction of sp³-hybridized carbons (Fsp3) is 0. The Morgan fingerprint density at radius 2 is 0.881 bits per heavy atom. The average molecular weight is 749 g/mol. The van der Waals surface area contributed by atoms with Gasteiger partial charge in [-0.15, -0.1) is 0 Å². The smallest absolute Gasteiger partial charge is 0.235 e. The Morgan fingerprint density at radius 1 is 0.356 bits per heavy atom. The van der Waals surface area contributed by atoms with Crippen LogP contribution in [0, 0.1) is 0 Å². The van der Waals surface area contributed by atoms with Gasteiger partial charge in [0.15, 0.2) is 0 Å². The van der Waals surface area contributed by atoms with E-state index in [0.717, 1.165) is 49.9 Å². The molecular formula is C55H32N4. The van der Waals surface area contributed by atoms with E-state index >= 15 is 0 Å². The van der Waals surface area contributed by atoms with Gasteiger partial charge in [-0.3, -0.25) is 4.57 Å². The van der Waals surface area contributed by atoms with Gasteiger partial charge < -0.3 is 0 Å². The van der Waals surface area contributed by atoms with E-state index in [9.17, 15) is 0 Å². The third-order valence-corrected chi connectivity index (χ3v) is 12.4. The number of fused-ring (bicyclic) bond motifs is 8. The quantitative estimate of drug-likeness (QED) is 0.133. The molecule has 0 fully saturated rings. The van der Waals surface area contributed by atoms with E-state index in [0.29, 0.717) is 5.95 Å². The first-order chi connectivity index (χ1) is 29.3. The molecule has 0 saturated carbocycles. The largest absolute Gasteiger partial charge is 0.259 e. The van der Waals surface area contributed by atoms with Crippen LogP contribution in [0.25, 0.3) is 126 Å². The summed E-state index contributed by atoms with van der Waals surface area (Å²) < 4.78 is 2.17. The number of aromatic nitrogens is 4. The van der Waals surface area contributed by atoms with Gasteiger partial charge in [0, 0.05) is 39.9 Å². The molecule has 11 aromatic carbocycles. The molecule has 0 unspecified atom stereocenters. The van der Waals surface area contributed by atoms with Gasteiger partial charge in [-0.2, -0.15) is 0 Å². The molecule has 0 atom stereocenters. The molecule has 4 heteroatoms. The van der Waals surface area contributed by atoms with Crippen LogP contribution >= 0.6 is 0 Å². The molecular weight excluding hydrogens is 717 g/mol. The molecule has 0 aliphatic heterocycles. The normalized spacial score (nSPS) is 12.1. The highest BCUT2D eigenvalue weighted by atomic mass is 15.2. The molecule has 0 bridgehead atoms. The first kappa shape index (κ1) is 32.2. The molecule has 0 spiro atoms. The summed E-state index contributed by atoms with van der Waals surface area (Å²) in [4.78, 5) is 15.9. The maximum absolute atomic E-state index is 5.49. The Kier molecular flexibility index (Phi) is 6.69. The molecule has 59 heavy (non-hydrogen) atoms. The number of benzene rings is 11. The van der Waals surface area contributed by atoms with E-state index in [4.69, 9.17) is 15.0 Å². The third kappa shape index (κ3) is 4.69. The summed E-state index contributed by atoms with van der Waals surface area (Å²) in [5.41, 5.74) is 7.40. The van der Waals surface area contributed by atoms with Crippen LogP contribution < -0.4 is 0 Å². The van der Waals surface area contributed by atoms with E-state index in [1.165, 1.54) is 70.2 Å². The summed E-state index contributed by atoms with van der Waals surface area (Å²) in [6.45, 7) is 0. The highest BCUT2D eigenvalue weighted by Gasteiger charge is 2.22. The molecule has 13 rings (SSSR count). The maximum Gasteiger partial charge on any atom is 0.235 e. The van der Waals surface area contributed by atoms with E-state index in [1.807, 2.05) is 12.4 Å². The zero-order valence-electron chi connectivity index (χ0n) is 31.8. The average Bonchev–Trinajstić information content (AvgIpc) is 3.71.